The smallest absolute Gasteiger partial charge is 0.319 e. The quantitative estimate of drug-likeness (QED) is 0.511. The lowest BCUT2D eigenvalue weighted by Crippen LogP contribution is -2.28. The van der Waals surface area contributed by atoms with Gasteiger partial charge in [0.05, 0.1) is 11.9 Å². The second-order valence-corrected chi connectivity index (χ2v) is 6.29. The van der Waals surface area contributed by atoms with Gasteiger partial charge >= 0.3 is 6.03 Å². The molecule has 4 rings (SSSR count). The Labute approximate surface area is 161 Å². The van der Waals surface area contributed by atoms with Crippen molar-refractivity contribution in [3.8, 4) is 22.4 Å². The van der Waals surface area contributed by atoms with Gasteiger partial charge in [-0.1, -0.05) is 12.1 Å². The Hall–Kier alpha value is -3.87. The number of urea groups is 1. The van der Waals surface area contributed by atoms with Crippen LogP contribution in [-0.2, 0) is 0 Å². The number of anilines is 1. The molecule has 0 spiro atoms. The van der Waals surface area contributed by atoms with Crippen LogP contribution in [0.25, 0.3) is 28.0 Å². The molecule has 0 atom stereocenters. The maximum atomic E-state index is 11.8. The van der Waals surface area contributed by atoms with Crippen LogP contribution >= 0.6 is 0 Å². The fraction of sp³-hybridized carbons (Fsp3) is 0.0952. The van der Waals surface area contributed by atoms with Gasteiger partial charge in [0.25, 0.3) is 0 Å². The summed E-state index contributed by atoms with van der Waals surface area (Å²) in [6.45, 7) is 2.43. The fourth-order valence-electron chi connectivity index (χ4n) is 3.09. The van der Waals surface area contributed by atoms with Gasteiger partial charge < -0.3 is 15.6 Å². The standard InChI is InChI=1S/C21H19N5O2/c1-2-22-21(28)25-17-5-3-4-16(10-17)18-13-24-19-11-15(7-9-26(18)19)14-6-8-23-20(27)12-14/h3-13H,2H2,1H3,(H,23,27)(H2,22,25,28). The van der Waals surface area contributed by atoms with E-state index < -0.39 is 0 Å². The van der Waals surface area contributed by atoms with Gasteiger partial charge in [-0.3, -0.25) is 9.20 Å². The van der Waals surface area contributed by atoms with Crippen LogP contribution in [0.3, 0.4) is 0 Å². The molecule has 0 aliphatic rings. The SMILES string of the molecule is CCNC(=O)Nc1cccc(-c2cnc3cc(-c4cc[nH]c(=O)c4)ccn23)c1. The summed E-state index contributed by atoms with van der Waals surface area (Å²) in [4.78, 5) is 30.4. The molecule has 0 fully saturated rings. The van der Waals surface area contributed by atoms with Crippen LogP contribution in [0.5, 0.6) is 0 Å². The van der Waals surface area contributed by atoms with Crippen LogP contribution in [-0.4, -0.2) is 26.9 Å². The lowest BCUT2D eigenvalue weighted by Gasteiger charge is -2.08. The Morgan fingerprint density at radius 3 is 2.79 bits per heavy atom. The van der Waals surface area contributed by atoms with Crippen LogP contribution in [0.15, 0.2) is 71.9 Å². The van der Waals surface area contributed by atoms with E-state index in [0.717, 1.165) is 28.0 Å². The van der Waals surface area contributed by atoms with Gasteiger partial charge in [-0.15, -0.1) is 0 Å². The first-order valence-electron chi connectivity index (χ1n) is 8.95. The van der Waals surface area contributed by atoms with E-state index in [4.69, 9.17) is 0 Å². The first kappa shape index (κ1) is 17.5. The summed E-state index contributed by atoms with van der Waals surface area (Å²) in [5.74, 6) is 0. The molecule has 7 nitrogen and oxygen atoms in total. The zero-order chi connectivity index (χ0) is 19.5. The number of benzene rings is 1. The van der Waals surface area contributed by atoms with Gasteiger partial charge in [0.1, 0.15) is 5.65 Å². The molecular formula is C21H19N5O2. The van der Waals surface area contributed by atoms with Gasteiger partial charge in [0.2, 0.25) is 5.56 Å². The van der Waals surface area contributed by atoms with Crippen molar-refractivity contribution in [1.82, 2.24) is 19.7 Å². The Morgan fingerprint density at radius 2 is 1.96 bits per heavy atom. The van der Waals surface area contributed by atoms with E-state index in [1.54, 1.807) is 18.5 Å². The molecule has 0 radical (unpaired) electrons. The highest BCUT2D eigenvalue weighted by Gasteiger charge is 2.09. The number of imidazole rings is 1. The second kappa shape index (κ2) is 7.40. The maximum absolute atomic E-state index is 11.8. The highest BCUT2D eigenvalue weighted by atomic mass is 16.2. The third-order valence-electron chi connectivity index (χ3n) is 4.38. The van der Waals surface area contributed by atoms with Crippen LogP contribution in [0.1, 0.15) is 6.92 Å². The van der Waals surface area contributed by atoms with Crippen molar-refractivity contribution in [3.63, 3.8) is 0 Å². The zero-order valence-corrected chi connectivity index (χ0v) is 15.3. The molecule has 3 N–H and O–H groups in total. The zero-order valence-electron chi connectivity index (χ0n) is 15.3. The van der Waals surface area contributed by atoms with E-state index in [9.17, 15) is 9.59 Å². The number of carbonyl (C=O) groups is 1. The molecule has 4 aromatic rings. The van der Waals surface area contributed by atoms with Crippen molar-refractivity contribution in [2.45, 2.75) is 6.92 Å². The van der Waals surface area contributed by atoms with E-state index in [-0.39, 0.29) is 11.6 Å². The van der Waals surface area contributed by atoms with Crippen molar-refractivity contribution in [1.29, 1.82) is 0 Å². The summed E-state index contributed by atoms with van der Waals surface area (Å²) in [6, 6.07) is 14.7. The largest absolute Gasteiger partial charge is 0.338 e. The van der Waals surface area contributed by atoms with Gasteiger partial charge in [0, 0.05) is 36.3 Å². The minimum absolute atomic E-state index is 0.141. The summed E-state index contributed by atoms with van der Waals surface area (Å²) in [7, 11) is 0. The number of rotatable bonds is 4. The Kier molecular flexibility index (Phi) is 4.63. The Morgan fingerprint density at radius 1 is 1.11 bits per heavy atom. The summed E-state index contributed by atoms with van der Waals surface area (Å²) in [5.41, 5.74) is 4.94. The monoisotopic (exact) mass is 373 g/mol. The molecule has 1 aromatic carbocycles. The molecule has 7 heteroatoms. The first-order valence-corrected chi connectivity index (χ1v) is 8.95. The normalized spacial score (nSPS) is 10.8. The highest BCUT2D eigenvalue weighted by molar-refractivity contribution is 5.90. The average molecular weight is 373 g/mol. The summed E-state index contributed by atoms with van der Waals surface area (Å²) in [5, 5.41) is 5.53. The lowest BCUT2D eigenvalue weighted by atomic mass is 10.1. The molecule has 0 aliphatic heterocycles. The molecule has 0 aliphatic carbocycles. The molecule has 3 aromatic heterocycles. The number of hydrogen-bond donors (Lipinski definition) is 3. The number of amides is 2. The fourth-order valence-corrected chi connectivity index (χ4v) is 3.09. The molecular weight excluding hydrogens is 354 g/mol. The molecule has 0 saturated heterocycles. The molecule has 0 unspecified atom stereocenters. The highest BCUT2D eigenvalue weighted by Crippen LogP contribution is 2.26. The summed E-state index contributed by atoms with van der Waals surface area (Å²) in [6.07, 6.45) is 5.35. The van der Waals surface area contributed by atoms with Crippen molar-refractivity contribution in [2.75, 3.05) is 11.9 Å². The third kappa shape index (κ3) is 3.50. The molecule has 140 valence electrons. The van der Waals surface area contributed by atoms with Gasteiger partial charge in [-0.2, -0.15) is 0 Å². The van der Waals surface area contributed by atoms with E-state index in [1.165, 1.54) is 0 Å². The summed E-state index contributed by atoms with van der Waals surface area (Å²) >= 11 is 0. The van der Waals surface area contributed by atoms with Gasteiger partial charge in [-0.25, -0.2) is 9.78 Å². The van der Waals surface area contributed by atoms with E-state index >= 15 is 0 Å². The topological polar surface area (TPSA) is 91.3 Å². The lowest BCUT2D eigenvalue weighted by molar-refractivity contribution is 0.252. The van der Waals surface area contributed by atoms with Crippen molar-refractivity contribution < 1.29 is 4.79 Å². The first-order chi connectivity index (χ1) is 13.6. The van der Waals surface area contributed by atoms with Crippen LogP contribution in [0.4, 0.5) is 10.5 Å². The van der Waals surface area contributed by atoms with E-state index in [0.29, 0.717) is 12.2 Å². The number of pyridine rings is 2. The number of fused-ring (bicyclic) bond motifs is 1. The number of carbonyl (C=O) groups excluding carboxylic acids is 1. The molecule has 28 heavy (non-hydrogen) atoms. The van der Waals surface area contributed by atoms with Crippen molar-refractivity contribution >= 4 is 17.4 Å². The minimum Gasteiger partial charge on any atom is -0.338 e. The molecule has 0 saturated carbocycles. The number of hydrogen-bond acceptors (Lipinski definition) is 3. The summed E-state index contributed by atoms with van der Waals surface area (Å²) < 4.78 is 1.97. The number of nitrogens with one attached hydrogen (secondary N) is 3. The minimum atomic E-state index is -0.236. The number of nitrogens with zero attached hydrogens (tertiary/aromatic N) is 2. The Bertz CT molecular complexity index is 1210. The van der Waals surface area contributed by atoms with Crippen LogP contribution < -0.4 is 16.2 Å². The van der Waals surface area contributed by atoms with Crippen molar-refractivity contribution in [3.05, 3.63) is 77.5 Å². The molecule has 3 heterocycles. The van der Waals surface area contributed by atoms with E-state index in [2.05, 4.69) is 20.6 Å². The van der Waals surface area contributed by atoms with Gasteiger partial charge in [0.15, 0.2) is 0 Å². The average Bonchev–Trinajstić information content (AvgIpc) is 3.11. The predicted molar refractivity (Wildman–Crippen MR) is 109 cm³/mol. The molecule has 0 bridgehead atoms. The van der Waals surface area contributed by atoms with Crippen LogP contribution in [0, 0.1) is 0 Å². The molecule has 2 amide bonds. The predicted octanol–water partition coefficient (Wildman–Crippen LogP) is 3.50. The third-order valence-corrected chi connectivity index (χ3v) is 4.38. The number of aromatic amines is 1. The van der Waals surface area contributed by atoms with Gasteiger partial charge in [-0.05, 0) is 48.4 Å². The number of aromatic nitrogens is 3. The van der Waals surface area contributed by atoms with Crippen molar-refractivity contribution in [2.24, 2.45) is 0 Å². The number of H-pyrrole nitrogens is 1. The van der Waals surface area contributed by atoms with E-state index in [1.807, 2.05) is 60.0 Å². The second-order valence-electron chi connectivity index (χ2n) is 6.29. The maximum Gasteiger partial charge on any atom is 0.319 e. The Balaban J connectivity index is 1.69. The van der Waals surface area contributed by atoms with Crippen LogP contribution in [0.2, 0.25) is 0 Å².